The maximum Gasteiger partial charge on any atom is 0.0325 e. The zero-order chi connectivity index (χ0) is 12.3. The maximum absolute atomic E-state index is 3.66. The van der Waals surface area contributed by atoms with Crippen molar-refractivity contribution in [2.24, 2.45) is 5.92 Å². The van der Waals surface area contributed by atoms with E-state index in [9.17, 15) is 0 Å². The minimum absolute atomic E-state index is 0.569. The molecule has 2 atom stereocenters. The molecular weight excluding hydrogens is 206 g/mol. The molecule has 1 heteroatoms. The lowest BCUT2D eigenvalue weighted by molar-refractivity contribution is 0.414. The Labute approximate surface area is 106 Å². The Kier molecular flexibility index (Phi) is 4.22. The highest BCUT2D eigenvalue weighted by molar-refractivity contribution is 5.35. The van der Waals surface area contributed by atoms with Crippen LogP contribution >= 0.6 is 0 Å². The minimum Gasteiger partial charge on any atom is -0.310 e. The van der Waals surface area contributed by atoms with Crippen LogP contribution in [0.2, 0.25) is 0 Å². The van der Waals surface area contributed by atoms with E-state index in [0.29, 0.717) is 6.04 Å². The lowest BCUT2D eigenvalue weighted by Gasteiger charge is -2.21. The molecule has 0 fully saturated rings. The summed E-state index contributed by atoms with van der Waals surface area (Å²) in [4.78, 5) is 0. The summed E-state index contributed by atoms with van der Waals surface area (Å²) in [5, 5.41) is 3.66. The van der Waals surface area contributed by atoms with Gasteiger partial charge in [0.05, 0.1) is 0 Å². The van der Waals surface area contributed by atoms with Gasteiger partial charge in [0.15, 0.2) is 0 Å². The molecule has 94 valence electrons. The quantitative estimate of drug-likeness (QED) is 0.779. The van der Waals surface area contributed by atoms with Crippen LogP contribution in [0.25, 0.3) is 0 Å². The SMILES string of the molecule is CCNC1CC(C)CCc2ccc(CC)cc21. The van der Waals surface area contributed by atoms with E-state index in [4.69, 9.17) is 0 Å². The number of benzene rings is 1. The normalized spacial score (nSPS) is 24.2. The fourth-order valence-electron chi connectivity index (χ4n) is 2.91. The number of nitrogens with one attached hydrogen (secondary N) is 1. The largest absolute Gasteiger partial charge is 0.310 e. The Balaban J connectivity index is 2.34. The van der Waals surface area contributed by atoms with Gasteiger partial charge in [0.1, 0.15) is 0 Å². The maximum atomic E-state index is 3.66. The monoisotopic (exact) mass is 231 g/mol. The van der Waals surface area contributed by atoms with Gasteiger partial charge >= 0.3 is 0 Å². The van der Waals surface area contributed by atoms with E-state index in [1.807, 2.05) is 0 Å². The molecule has 1 aromatic carbocycles. The minimum atomic E-state index is 0.569. The Hall–Kier alpha value is -0.820. The van der Waals surface area contributed by atoms with Gasteiger partial charge in [0.25, 0.3) is 0 Å². The smallest absolute Gasteiger partial charge is 0.0325 e. The van der Waals surface area contributed by atoms with Crippen molar-refractivity contribution in [3.8, 4) is 0 Å². The molecule has 1 aliphatic carbocycles. The summed E-state index contributed by atoms with van der Waals surface area (Å²) in [6, 6.07) is 7.66. The second-order valence-corrected chi connectivity index (χ2v) is 5.38. The number of rotatable bonds is 3. The molecule has 0 saturated heterocycles. The first-order valence-electron chi connectivity index (χ1n) is 7.09. The van der Waals surface area contributed by atoms with Crippen molar-refractivity contribution in [3.63, 3.8) is 0 Å². The molecule has 0 heterocycles. The van der Waals surface area contributed by atoms with Crippen LogP contribution in [0.15, 0.2) is 18.2 Å². The van der Waals surface area contributed by atoms with E-state index in [0.717, 1.165) is 18.9 Å². The third-order valence-corrected chi connectivity index (χ3v) is 3.99. The predicted molar refractivity (Wildman–Crippen MR) is 74.3 cm³/mol. The van der Waals surface area contributed by atoms with Crippen LogP contribution in [0.4, 0.5) is 0 Å². The van der Waals surface area contributed by atoms with Crippen molar-refractivity contribution < 1.29 is 0 Å². The number of hydrogen-bond acceptors (Lipinski definition) is 1. The first kappa shape index (κ1) is 12.6. The van der Waals surface area contributed by atoms with Crippen molar-refractivity contribution in [2.75, 3.05) is 6.54 Å². The average Bonchev–Trinajstić information content (AvgIpc) is 2.49. The summed E-state index contributed by atoms with van der Waals surface area (Å²) >= 11 is 0. The van der Waals surface area contributed by atoms with Crippen LogP contribution in [-0.4, -0.2) is 6.54 Å². The Morgan fingerprint density at radius 1 is 1.29 bits per heavy atom. The predicted octanol–water partition coefficient (Wildman–Crippen LogP) is 3.87. The number of fused-ring (bicyclic) bond motifs is 1. The van der Waals surface area contributed by atoms with Crippen LogP contribution in [0.1, 0.15) is 56.3 Å². The summed E-state index contributed by atoms with van der Waals surface area (Å²) in [5.74, 6) is 0.830. The third-order valence-electron chi connectivity index (χ3n) is 3.99. The van der Waals surface area contributed by atoms with Crippen molar-refractivity contribution >= 4 is 0 Å². The second-order valence-electron chi connectivity index (χ2n) is 5.38. The van der Waals surface area contributed by atoms with Gasteiger partial charge in [-0.2, -0.15) is 0 Å². The average molecular weight is 231 g/mol. The molecule has 17 heavy (non-hydrogen) atoms. The highest BCUT2D eigenvalue weighted by atomic mass is 14.9. The van der Waals surface area contributed by atoms with Gasteiger partial charge in [-0.3, -0.25) is 0 Å². The fourth-order valence-corrected chi connectivity index (χ4v) is 2.91. The summed E-state index contributed by atoms with van der Waals surface area (Å²) in [5.41, 5.74) is 4.61. The van der Waals surface area contributed by atoms with E-state index < -0.39 is 0 Å². The highest BCUT2D eigenvalue weighted by Gasteiger charge is 2.21. The van der Waals surface area contributed by atoms with Crippen LogP contribution in [0, 0.1) is 5.92 Å². The van der Waals surface area contributed by atoms with Crippen molar-refractivity contribution in [1.29, 1.82) is 0 Å². The van der Waals surface area contributed by atoms with Crippen LogP contribution in [0.5, 0.6) is 0 Å². The molecule has 1 aromatic rings. The molecule has 0 aliphatic heterocycles. The molecule has 0 amide bonds. The van der Waals surface area contributed by atoms with E-state index in [2.05, 4.69) is 44.3 Å². The Bertz CT molecular complexity index is 370. The molecule has 1 N–H and O–H groups in total. The topological polar surface area (TPSA) is 12.0 Å². The molecule has 1 aliphatic rings. The molecule has 0 aromatic heterocycles. The first-order valence-corrected chi connectivity index (χ1v) is 7.09. The molecule has 1 nitrogen and oxygen atoms in total. The summed E-state index contributed by atoms with van der Waals surface area (Å²) < 4.78 is 0. The zero-order valence-corrected chi connectivity index (χ0v) is 11.4. The van der Waals surface area contributed by atoms with E-state index in [1.54, 1.807) is 11.1 Å². The van der Waals surface area contributed by atoms with Crippen LogP contribution < -0.4 is 5.32 Å². The van der Waals surface area contributed by atoms with Crippen molar-refractivity contribution in [3.05, 3.63) is 34.9 Å². The van der Waals surface area contributed by atoms with Gasteiger partial charge in [0, 0.05) is 6.04 Å². The second kappa shape index (κ2) is 5.68. The molecule has 2 unspecified atom stereocenters. The summed E-state index contributed by atoms with van der Waals surface area (Å²) in [6.45, 7) is 7.90. The lowest BCUT2D eigenvalue weighted by atomic mass is 9.95. The van der Waals surface area contributed by atoms with Gasteiger partial charge in [-0.1, -0.05) is 39.0 Å². The number of aryl methyl sites for hydroxylation is 2. The van der Waals surface area contributed by atoms with Gasteiger partial charge in [-0.25, -0.2) is 0 Å². The Morgan fingerprint density at radius 2 is 2.12 bits per heavy atom. The van der Waals surface area contributed by atoms with E-state index in [-0.39, 0.29) is 0 Å². The fraction of sp³-hybridized carbons (Fsp3) is 0.625. The van der Waals surface area contributed by atoms with Crippen molar-refractivity contribution in [2.45, 2.75) is 52.5 Å². The highest BCUT2D eigenvalue weighted by Crippen LogP contribution is 2.32. The molecule has 0 radical (unpaired) electrons. The van der Waals surface area contributed by atoms with Gasteiger partial charge < -0.3 is 5.32 Å². The van der Waals surface area contributed by atoms with Gasteiger partial charge in [-0.05, 0) is 54.8 Å². The number of hydrogen-bond donors (Lipinski definition) is 1. The van der Waals surface area contributed by atoms with Gasteiger partial charge in [0.2, 0.25) is 0 Å². The zero-order valence-electron chi connectivity index (χ0n) is 11.4. The summed E-state index contributed by atoms with van der Waals surface area (Å²) in [7, 11) is 0. The molecule has 0 bridgehead atoms. The molecular formula is C16H25N. The molecule has 0 saturated carbocycles. The van der Waals surface area contributed by atoms with Crippen molar-refractivity contribution in [1.82, 2.24) is 5.32 Å². The van der Waals surface area contributed by atoms with E-state index >= 15 is 0 Å². The standard InChI is InChI=1S/C16H25N/c1-4-13-7-9-14-8-6-12(3)10-16(17-5-2)15(14)11-13/h7,9,11-12,16-17H,4-6,8,10H2,1-3H3. The molecule has 0 spiro atoms. The van der Waals surface area contributed by atoms with Crippen LogP contribution in [-0.2, 0) is 12.8 Å². The van der Waals surface area contributed by atoms with Gasteiger partial charge in [-0.15, -0.1) is 0 Å². The molecule has 2 rings (SSSR count). The Morgan fingerprint density at radius 3 is 2.82 bits per heavy atom. The van der Waals surface area contributed by atoms with Crippen LogP contribution in [0.3, 0.4) is 0 Å². The lowest BCUT2D eigenvalue weighted by Crippen LogP contribution is -2.22. The third kappa shape index (κ3) is 2.90. The summed E-state index contributed by atoms with van der Waals surface area (Å²) in [6.07, 6.45) is 5.01. The van der Waals surface area contributed by atoms with E-state index in [1.165, 1.54) is 24.8 Å². The first-order chi connectivity index (χ1) is 8.24.